The molecular formula is C19H29N3O4S. The van der Waals surface area contributed by atoms with Crippen LogP contribution < -0.4 is 5.73 Å². The van der Waals surface area contributed by atoms with Gasteiger partial charge in [0, 0.05) is 37.8 Å². The molecule has 1 aromatic carbocycles. The first-order chi connectivity index (χ1) is 12.8. The summed E-state index contributed by atoms with van der Waals surface area (Å²) < 4.78 is 33.2. The van der Waals surface area contributed by atoms with E-state index in [-0.39, 0.29) is 29.1 Å². The predicted molar refractivity (Wildman–Crippen MR) is 103 cm³/mol. The van der Waals surface area contributed by atoms with Gasteiger partial charge in [-0.15, -0.1) is 0 Å². The molecule has 0 aliphatic carbocycles. The van der Waals surface area contributed by atoms with Gasteiger partial charge < -0.3 is 15.4 Å². The summed E-state index contributed by atoms with van der Waals surface area (Å²) in [7, 11) is -3.68. The highest BCUT2D eigenvalue weighted by Crippen LogP contribution is 2.24. The number of likely N-dealkylation sites (tertiary alicyclic amines) is 1. The van der Waals surface area contributed by atoms with Gasteiger partial charge in [-0.1, -0.05) is 6.07 Å². The molecule has 0 spiro atoms. The molecule has 27 heavy (non-hydrogen) atoms. The number of nitrogens with zero attached hydrogens (tertiary/aromatic N) is 2. The molecule has 3 rings (SSSR count). The lowest BCUT2D eigenvalue weighted by Gasteiger charge is -2.35. The number of morpholine rings is 1. The highest BCUT2D eigenvalue weighted by Gasteiger charge is 2.33. The van der Waals surface area contributed by atoms with E-state index in [0.717, 1.165) is 19.3 Å². The number of sulfonamides is 1. The zero-order chi connectivity index (χ0) is 19.6. The molecule has 2 aliphatic heterocycles. The third-order valence-corrected chi connectivity index (χ3v) is 7.09. The number of hydrogen-bond donors (Lipinski definition) is 1. The number of amides is 1. The van der Waals surface area contributed by atoms with Gasteiger partial charge in [0.15, 0.2) is 0 Å². The third kappa shape index (κ3) is 4.34. The monoisotopic (exact) mass is 395 g/mol. The van der Waals surface area contributed by atoms with E-state index < -0.39 is 10.0 Å². The van der Waals surface area contributed by atoms with Crippen LogP contribution in [0.3, 0.4) is 0 Å². The van der Waals surface area contributed by atoms with E-state index in [1.807, 2.05) is 13.8 Å². The number of rotatable bonds is 4. The van der Waals surface area contributed by atoms with Crippen LogP contribution in [0.1, 0.15) is 43.5 Å². The fourth-order valence-corrected chi connectivity index (χ4v) is 5.58. The van der Waals surface area contributed by atoms with E-state index in [1.54, 1.807) is 23.1 Å². The molecule has 2 N–H and O–H groups in total. The van der Waals surface area contributed by atoms with Crippen molar-refractivity contribution >= 4 is 15.9 Å². The molecule has 2 saturated heterocycles. The lowest BCUT2D eigenvalue weighted by molar-refractivity contribution is -0.0440. The summed E-state index contributed by atoms with van der Waals surface area (Å²) in [4.78, 5) is 14.9. The highest BCUT2D eigenvalue weighted by molar-refractivity contribution is 7.89. The summed E-state index contributed by atoms with van der Waals surface area (Å²) in [6, 6.07) is 6.37. The fraction of sp³-hybridized carbons (Fsp3) is 0.632. The molecule has 1 amide bonds. The Bertz CT molecular complexity index is 773. The largest absolute Gasteiger partial charge is 0.373 e. The zero-order valence-electron chi connectivity index (χ0n) is 16.0. The molecule has 0 aromatic heterocycles. The SMILES string of the molecule is CC1CN(S(=O)(=O)c2cccc(C(=O)N3CCCCC3CN)c2)CC(C)O1. The molecule has 7 nitrogen and oxygen atoms in total. The van der Waals surface area contributed by atoms with Gasteiger partial charge in [-0.25, -0.2) is 8.42 Å². The van der Waals surface area contributed by atoms with E-state index in [2.05, 4.69) is 0 Å². The quantitative estimate of drug-likeness (QED) is 0.833. The summed E-state index contributed by atoms with van der Waals surface area (Å²) in [5.41, 5.74) is 6.22. The molecule has 8 heteroatoms. The van der Waals surface area contributed by atoms with Crippen molar-refractivity contribution in [1.29, 1.82) is 0 Å². The number of carbonyl (C=O) groups excluding carboxylic acids is 1. The molecule has 0 saturated carbocycles. The van der Waals surface area contributed by atoms with Crippen LogP contribution in [0, 0.1) is 0 Å². The standard InChI is InChI=1S/C19H29N3O4S/c1-14-12-21(13-15(2)26-14)27(24,25)18-8-5-6-16(10-18)19(23)22-9-4-3-7-17(22)11-20/h5-6,8,10,14-15,17H,3-4,7,9,11-13,20H2,1-2H3. The molecule has 2 aliphatic rings. The van der Waals surface area contributed by atoms with Gasteiger partial charge in [0.05, 0.1) is 17.1 Å². The van der Waals surface area contributed by atoms with Crippen molar-refractivity contribution in [1.82, 2.24) is 9.21 Å². The summed E-state index contributed by atoms with van der Waals surface area (Å²) in [6.07, 6.45) is 2.58. The van der Waals surface area contributed by atoms with Gasteiger partial charge in [0.2, 0.25) is 10.0 Å². The maximum absolute atomic E-state index is 13.1. The molecule has 150 valence electrons. The Balaban J connectivity index is 1.85. The second kappa shape index (κ2) is 8.26. The Kier molecular flexibility index (Phi) is 6.20. The van der Waals surface area contributed by atoms with Crippen molar-refractivity contribution in [2.24, 2.45) is 5.73 Å². The average molecular weight is 396 g/mol. The Morgan fingerprint density at radius 3 is 2.59 bits per heavy atom. The van der Waals surface area contributed by atoms with Gasteiger partial charge in [0.25, 0.3) is 5.91 Å². The highest BCUT2D eigenvalue weighted by atomic mass is 32.2. The summed E-state index contributed by atoms with van der Waals surface area (Å²) in [5, 5.41) is 0. The van der Waals surface area contributed by atoms with E-state index in [1.165, 1.54) is 10.4 Å². The third-order valence-electron chi connectivity index (χ3n) is 5.26. The first kappa shape index (κ1) is 20.3. The van der Waals surface area contributed by atoms with Crippen molar-refractivity contribution in [3.63, 3.8) is 0 Å². The van der Waals surface area contributed by atoms with E-state index >= 15 is 0 Å². The second-order valence-electron chi connectivity index (χ2n) is 7.49. The Labute approximate surface area is 161 Å². The van der Waals surface area contributed by atoms with Crippen molar-refractivity contribution in [2.75, 3.05) is 26.2 Å². The smallest absolute Gasteiger partial charge is 0.254 e. The Morgan fingerprint density at radius 1 is 1.22 bits per heavy atom. The molecule has 2 heterocycles. The number of nitrogens with two attached hydrogens (primary N) is 1. The zero-order valence-corrected chi connectivity index (χ0v) is 16.8. The Hall–Kier alpha value is -1.48. The first-order valence-corrected chi connectivity index (χ1v) is 11.0. The van der Waals surface area contributed by atoms with Crippen LogP contribution in [0.25, 0.3) is 0 Å². The lowest BCUT2D eigenvalue weighted by Crippen LogP contribution is -2.48. The van der Waals surface area contributed by atoms with Crippen LogP contribution in [0.15, 0.2) is 29.2 Å². The van der Waals surface area contributed by atoms with Crippen molar-refractivity contribution in [3.8, 4) is 0 Å². The van der Waals surface area contributed by atoms with Crippen molar-refractivity contribution in [2.45, 2.75) is 56.3 Å². The van der Waals surface area contributed by atoms with Gasteiger partial charge in [-0.05, 0) is 51.3 Å². The molecule has 0 radical (unpaired) electrons. The van der Waals surface area contributed by atoms with Crippen LogP contribution in [-0.2, 0) is 14.8 Å². The molecule has 3 atom stereocenters. The molecule has 2 fully saturated rings. The summed E-state index contributed by atoms with van der Waals surface area (Å²) in [5.74, 6) is -0.147. The number of benzene rings is 1. The predicted octanol–water partition coefficient (Wildman–Crippen LogP) is 1.44. The van der Waals surface area contributed by atoms with Crippen LogP contribution in [0.5, 0.6) is 0 Å². The molecule has 0 bridgehead atoms. The van der Waals surface area contributed by atoms with Gasteiger partial charge in [-0.2, -0.15) is 4.31 Å². The van der Waals surface area contributed by atoms with E-state index in [4.69, 9.17) is 10.5 Å². The molecular weight excluding hydrogens is 366 g/mol. The van der Waals surface area contributed by atoms with Crippen LogP contribution in [0.2, 0.25) is 0 Å². The van der Waals surface area contributed by atoms with E-state index in [0.29, 0.717) is 31.7 Å². The maximum atomic E-state index is 13.1. The minimum atomic E-state index is -3.68. The lowest BCUT2D eigenvalue weighted by atomic mass is 10.0. The number of piperidine rings is 1. The first-order valence-electron chi connectivity index (χ1n) is 9.59. The van der Waals surface area contributed by atoms with Gasteiger partial charge >= 0.3 is 0 Å². The molecule has 1 aromatic rings. The minimum absolute atomic E-state index is 0.0208. The normalized spacial score (nSPS) is 27.5. The second-order valence-corrected chi connectivity index (χ2v) is 9.43. The topological polar surface area (TPSA) is 92.9 Å². The molecule has 3 unspecified atom stereocenters. The maximum Gasteiger partial charge on any atom is 0.254 e. The minimum Gasteiger partial charge on any atom is -0.373 e. The van der Waals surface area contributed by atoms with Gasteiger partial charge in [-0.3, -0.25) is 4.79 Å². The number of ether oxygens (including phenoxy) is 1. The number of carbonyl (C=O) groups is 1. The summed E-state index contributed by atoms with van der Waals surface area (Å²) in [6.45, 7) is 5.44. The van der Waals surface area contributed by atoms with Crippen LogP contribution in [0.4, 0.5) is 0 Å². The van der Waals surface area contributed by atoms with E-state index in [9.17, 15) is 13.2 Å². The van der Waals surface area contributed by atoms with Crippen LogP contribution >= 0.6 is 0 Å². The van der Waals surface area contributed by atoms with Crippen molar-refractivity contribution < 1.29 is 17.9 Å². The average Bonchev–Trinajstić information content (AvgIpc) is 2.66. The van der Waals surface area contributed by atoms with Crippen LogP contribution in [-0.4, -0.2) is 68.0 Å². The number of hydrogen-bond acceptors (Lipinski definition) is 5. The van der Waals surface area contributed by atoms with Gasteiger partial charge in [0.1, 0.15) is 0 Å². The summed E-state index contributed by atoms with van der Waals surface area (Å²) >= 11 is 0. The Morgan fingerprint density at radius 2 is 1.93 bits per heavy atom. The van der Waals surface area contributed by atoms with Crippen molar-refractivity contribution in [3.05, 3.63) is 29.8 Å². The fourth-order valence-electron chi connectivity index (χ4n) is 3.94.